The van der Waals surface area contributed by atoms with Crippen molar-refractivity contribution in [2.75, 3.05) is 0 Å². The molecule has 1 aromatic carbocycles. The Balaban J connectivity index is 2.42. The fourth-order valence-corrected chi connectivity index (χ4v) is 1.78. The molecular weight excluding hydrogens is 279 g/mol. The molecule has 98 valence electrons. The van der Waals surface area contributed by atoms with E-state index in [1.807, 2.05) is 0 Å². The smallest absolute Gasteiger partial charge is 0.298 e. The summed E-state index contributed by atoms with van der Waals surface area (Å²) in [4.78, 5) is 14.7. The van der Waals surface area contributed by atoms with Gasteiger partial charge < -0.3 is 0 Å². The lowest BCUT2D eigenvalue weighted by molar-refractivity contribution is -0.137. The van der Waals surface area contributed by atoms with Crippen LogP contribution < -0.4 is 0 Å². The van der Waals surface area contributed by atoms with E-state index in [9.17, 15) is 18.0 Å². The van der Waals surface area contributed by atoms with Crippen molar-refractivity contribution in [3.05, 3.63) is 52.7 Å². The summed E-state index contributed by atoms with van der Waals surface area (Å²) in [6, 6.07) is 7.33. The molecule has 6 heteroatoms. The van der Waals surface area contributed by atoms with Gasteiger partial charge in [-0.1, -0.05) is 23.7 Å². The molecule has 0 fully saturated rings. The second kappa shape index (κ2) is 5.01. The molecule has 1 aromatic heterocycles. The SMILES string of the molecule is O=Cc1cc(Cl)nc(-c2ccc(C(F)(F)F)cc2)c1. The summed E-state index contributed by atoms with van der Waals surface area (Å²) in [7, 11) is 0. The number of carbonyl (C=O) groups excluding carboxylic acids is 1. The third-order valence-electron chi connectivity index (χ3n) is 2.46. The predicted molar refractivity (Wildman–Crippen MR) is 65.1 cm³/mol. The Bertz CT molecular complexity index is 608. The van der Waals surface area contributed by atoms with Gasteiger partial charge >= 0.3 is 6.18 Å². The van der Waals surface area contributed by atoms with E-state index in [4.69, 9.17) is 11.6 Å². The van der Waals surface area contributed by atoms with Crippen LogP contribution >= 0.6 is 11.6 Å². The predicted octanol–water partition coefficient (Wildman–Crippen LogP) is 4.23. The molecule has 0 saturated heterocycles. The minimum atomic E-state index is -4.38. The van der Waals surface area contributed by atoms with E-state index in [0.717, 1.165) is 12.1 Å². The van der Waals surface area contributed by atoms with Crippen molar-refractivity contribution in [2.45, 2.75) is 6.18 Å². The molecule has 0 atom stereocenters. The van der Waals surface area contributed by atoms with Crippen LogP contribution in [0.4, 0.5) is 13.2 Å². The highest BCUT2D eigenvalue weighted by atomic mass is 35.5. The quantitative estimate of drug-likeness (QED) is 0.610. The summed E-state index contributed by atoms with van der Waals surface area (Å²) < 4.78 is 37.3. The molecule has 0 radical (unpaired) electrons. The number of nitrogens with zero attached hydrogens (tertiary/aromatic N) is 1. The Hall–Kier alpha value is -1.88. The summed E-state index contributed by atoms with van der Waals surface area (Å²) >= 11 is 5.73. The standard InChI is InChI=1S/C13H7ClF3NO/c14-12-6-8(7-19)5-11(18-12)9-1-3-10(4-2-9)13(15,16)17/h1-7H. The van der Waals surface area contributed by atoms with Crippen LogP contribution in [0.1, 0.15) is 15.9 Å². The number of halogens is 4. The molecule has 0 aliphatic rings. The molecule has 0 aliphatic carbocycles. The second-order valence-electron chi connectivity index (χ2n) is 3.80. The average Bonchev–Trinajstić information content (AvgIpc) is 2.37. The third-order valence-corrected chi connectivity index (χ3v) is 2.65. The topological polar surface area (TPSA) is 30.0 Å². The maximum atomic E-state index is 12.4. The van der Waals surface area contributed by atoms with Crippen LogP contribution in [0.5, 0.6) is 0 Å². The molecule has 1 heterocycles. The number of pyridine rings is 1. The van der Waals surface area contributed by atoms with Crippen LogP contribution in [-0.4, -0.2) is 11.3 Å². The fraction of sp³-hybridized carbons (Fsp3) is 0.0769. The van der Waals surface area contributed by atoms with E-state index in [1.165, 1.54) is 24.3 Å². The number of alkyl halides is 3. The first-order chi connectivity index (χ1) is 8.90. The minimum absolute atomic E-state index is 0.111. The summed E-state index contributed by atoms with van der Waals surface area (Å²) in [5.41, 5.74) is 0.380. The molecule has 0 aliphatic heterocycles. The highest BCUT2D eigenvalue weighted by Gasteiger charge is 2.30. The fourth-order valence-electron chi connectivity index (χ4n) is 1.56. The first kappa shape index (κ1) is 13.5. The number of hydrogen-bond acceptors (Lipinski definition) is 2. The summed E-state index contributed by atoms with van der Waals surface area (Å²) in [5.74, 6) is 0. The first-order valence-corrected chi connectivity index (χ1v) is 5.58. The van der Waals surface area contributed by atoms with Gasteiger partial charge in [-0.05, 0) is 24.3 Å². The van der Waals surface area contributed by atoms with Crippen LogP contribution in [0.25, 0.3) is 11.3 Å². The van der Waals surface area contributed by atoms with Crippen molar-refractivity contribution in [1.82, 2.24) is 4.98 Å². The maximum Gasteiger partial charge on any atom is 0.416 e. The highest BCUT2D eigenvalue weighted by Crippen LogP contribution is 2.30. The molecule has 0 bridgehead atoms. The summed E-state index contributed by atoms with van der Waals surface area (Å²) in [5, 5.41) is 0.111. The van der Waals surface area contributed by atoms with Gasteiger partial charge in [0.15, 0.2) is 0 Å². The van der Waals surface area contributed by atoms with Crippen LogP contribution in [0.3, 0.4) is 0 Å². The van der Waals surface area contributed by atoms with E-state index in [0.29, 0.717) is 23.1 Å². The minimum Gasteiger partial charge on any atom is -0.298 e. The molecular formula is C13H7ClF3NO. The van der Waals surface area contributed by atoms with Gasteiger partial charge in [0, 0.05) is 11.1 Å². The van der Waals surface area contributed by atoms with Gasteiger partial charge in [0.25, 0.3) is 0 Å². The zero-order chi connectivity index (χ0) is 14.0. The number of aromatic nitrogens is 1. The number of carbonyl (C=O) groups is 1. The van der Waals surface area contributed by atoms with E-state index < -0.39 is 11.7 Å². The number of benzene rings is 1. The molecule has 0 N–H and O–H groups in total. The van der Waals surface area contributed by atoms with Crippen LogP contribution in [0.15, 0.2) is 36.4 Å². The third kappa shape index (κ3) is 3.12. The molecule has 0 amide bonds. The average molecular weight is 286 g/mol. The molecule has 0 saturated carbocycles. The molecule has 2 nitrogen and oxygen atoms in total. The maximum absolute atomic E-state index is 12.4. The molecule has 2 aromatic rings. The highest BCUT2D eigenvalue weighted by molar-refractivity contribution is 6.29. The second-order valence-corrected chi connectivity index (χ2v) is 4.19. The number of aldehydes is 1. The molecule has 2 rings (SSSR count). The van der Waals surface area contributed by atoms with Gasteiger partial charge in [-0.15, -0.1) is 0 Å². The monoisotopic (exact) mass is 285 g/mol. The lowest BCUT2D eigenvalue weighted by atomic mass is 10.1. The van der Waals surface area contributed by atoms with E-state index in [-0.39, 0.29) is 5.15 Å². The van der Waals surface area contributed by atoms with Crippen molar-refractivity contribution in [3.8, 4) is 11.3 Å². The van der Waals surface area contributed by atoms with Crippen molar-refractivity contribution in [3.63, 3.8) is 0 Å². The molecule has 19 heavy (non-hydrogen) atoms. The molecule has 0 unspecified atom stereocenters. The normalized spacial score (nSPS) is 11.4. The summed E-state index contributed by atoms with van der Waals surface area (Å²) in [6.45, 7) is 0. The zero-order valence-electron chi connectivity index (χ0n) is 9.41. The van der Waals surface area contributed by atoms with Crippen molar-refractivity contribution in [1.29, 1.82) is 0 Å². The Morgan fingerprint density at radius 1 is 1.11 bits per heavy atom. The Morgan fingerprint density at radius 3 is 2.26 bits per heavy atom. The largest absolute Gasteiger partial charge is 0.416 e. The number of rotatable bonds is 2. The number of hydrogen-bond donors (Lipinski definition) is 0. The lowest BCUT2D eigenvalue weighted by Gasteiger charge is -2.08. The van der Waals surface area contributed by atoms with E-state index in [2.05, 4.69) is 4.98 Å². The van der Waals surface area contributed by atoms with Crippen LogP contribution in [-0.2, 0) is 6.18 Å². The van der Waals surface area contributed by atoms with E-state index >= 15 is 0 Å². The summed E-state index contributed by atoms with van der Waals surface area (Å²) in [6.07, 6.45) is -3.78. The van der Waals surface area contributed by atoms with Crippen LogP contribution in [0.2, 0.25) is 5.15 Å². The van der Waals surface area contributed by atoms with Crippen molar-refractivity contribution in [2.24, 2.45) is 0 Å². The van der Waals surface area contributed by atoms with Crippen LogP contribution in [0, 0.1) is 0 Å². The van der Waals surface area contributed by atoms with Gasteiger partial charge in [0.1, 0.15) is 11.4 Å². The first-order valence-electron chi connectivity index (χ1n) is 5.20. The van der Waals surface area contributed by atoms with Gasteiger partial charge in [-0.25, -0.2) is 4.98 Å². The lowest BCUT2D eigenvalue weighted by Crippen LogP contribution is -2.04. The van der Waals surface area contributed by atoms with Crippen molar-refractivity contribution >= 4 is 17.9 Å². The van der Waals surface area contributed by atoms with Gasteiger partial charge in [-0.3, -0.25) is 4.79 Å². The Labute approximate surface area is 111 Å². The van der Waals surface area contributed by atoms with Gasteiger partial charge in [0.05, 0.1) is 11.3 Å². The van der Waals surface area contributed by atoms with E-state index in [1.54, 1.807) is 0 Å². The molecule has 0 spiro atoms. The van der Waals surface area contributed by atoms with Gasteiger partial charge in [0.2, 0.25) is 0 Å². The Morgan fingerprint density at radius 2 is 1.74 bits per heavy atom. The van der Waals surface area contributed by atoms with Gasteiger partial charge in [-0.2, -0.15) is 13.2 Å². The zero-order valence-corrected chi connectivity index (χ0v) is 10.2. The van der Waals surface area contributed by atoms with Crippen molar-refractivity contribution < 1.29 is 18.0 Å². The Kier molecular flexibility index (Phi) is 3.57.